The minimum Gasteiger partial charge on any atom is -0.406 e. The molecule has 0 amide bonds. The highest BCUT2D eigenvalue weighted by molar-refractivity contribution is 5.95. The van der Waals surface area contributed by atoms with Gasteiger partial charge in [-0.3, -0.25) is 0 Å². The van der Waals surface area contributed by atoms with E-state index in [9.17, 15) is 13.2 Å². The number of alkyl halides is 3. The van der Waals surface area contributed by atoms with Crippen LogP contribution in [0.15, 0.2) is 55.0 Å². The summed E-state index contributed by atoms with van der Waals surface area (Å²) in [4.78, 5) is 16.7. The highest BCUT2D eigenvalue weighted by Crippen LogP contribution is 2.31. The summed E-state index contributed by atoms with van der Waals surface area (Å²) in [7, 11) is 0. The van der Waals surface area contributed by atoms with Crippen LogP contribution in [0.3, 0.4) is 0 Å². The first-order chi connectivity index (χ1) is 15.9. The van der Waals surface area contributed by atoms with Crippen LogP contribution in [-0.4, -0.2) is 32.3 Å². The standard InChI is InChI=1S/C24H24F3N5O/c1-3-5-17(4-2)31-23-28-11-10-21(32-23)20-14-30-22-19(20)12-16(13-29-22)15-6-8-18(9-7-15)33-24(25,26)27/h6-14,17H,3-5H2,1-2H3,(H,29,30)(H,28,31,32). The van der Waals surface area contributed by atoms with E-state index in [0.29, 0.717) is 17.6 Å². The fraction of sp³-hybridized carbons (Fsp3) is 0.292. The maximum absolute atomic E-state index is 12.4. The largest absolute Gasteiger partial charge is 0.573 e. The molecule has 1 atom stereocenters. The SMILES string of the molecule is CCCC(CC)Nc1nccc(-c2c[nH]c3ncc(-c4ccc(OC(F)(F)F)cc4)cc23)n1. The van der Waals surface area contributed by atoms with E-state index in [1.807, 2.05) is 18.3 Å². The molecule has 3 aromatic heterocycles. The first-order valence-corrected chi connectivity index (χ1v) is 10.8. The minimum atomic E-state index is -4.72. The molecule has 33 heavy (non-hydrogen) atoms. The average Bonchev–Trinajstić information content (AvgIpc) is 3.22. The zero-order valence-electron chi connectivity index (χ0n) is 18.3. The molecule has 0 fully saturated rings. The van der Waals surface area contributed by atoms with Crippen LogP contribution in [0.1, 0.15) is 33.1 Å². The van der Waals surface area contributed by atoms with E-state index >= 15 is 0 Å². The molecule has 1 unspecified atom stereocenters. The predicted octanol–water partition coefficient (Wildman–Crippen LogP) is 6.58. The molecule has 0 aliphatic heterocycles. The number of nitrogens with one attached hydrogen (secondary N) is 2. The molecule has 4 rings (SSSR count). The van der Waals surface area contributed by atoms with Crippen molar-refractivity contribution in [3.05, 3.63) is 55.0 Å². The number of aromatic amines is 1. The lowest BCUT2D eigenvalue weighted by Crippen LogP contribution is -2.19. The van der Waals surface area contributed by atoms with Crippen LogP contribution in [-0.2, 0) is 0 Å². The molecule has 0 saturated heterocycles. The van der Waals surface area contributed by atoms with E-state index in [1.165, 1.54) is 12.1 Å². The molecule has 0 aliphatic rings. The zero-order valence-corrected chi connectivity index (χ0v) is 18.3. The van der Waals surface area contributed by atoms with Crippen molar-refractivity contribution in [1.82, 2.24) is 19.9 Å². The smallest absolute Gasteiger partial charge is 0.406 e. The van der Waals surface area contributed by atoms with Gasteiger partial charge in [0.05, 0.1) is 5.69 Å². The van der Waals surface area contributed by atoms with Crippen LogP contribution in [0.4, 0.5) is 19.1 Å². The molecular formula is C24H24F3N5O. The number of hydrogen-bond donors (Lipinski definition) is 2. The molecule has 9 heteroatoms. The number of hydrogen-bond acceptors (Lipinski definition) is 5. The van der Waals surface area contributed by atoms with E-state index in [1.54, 1.807) is 24.5 Å². The van der Waals surface area contributed by atoms with Gasteiger partial charge in [0.2, 0.25) is 5.95 Å². The van der Waals surface area contributed by atoms with Crippen LogP contribution in [0, 0.1) is 0 Å². The van der Waals surface area contributed by atoms with Crippen molar-refractivity contribution in [2.45, 2.75) is 45.5 Å². The number of pyridine rings is 1. The molecule has 0 aliphatic carbocycles. The monoisotopic (exact) mass is 455 g/mol. The molecule has 0 bridgehead atoms. The zero-order chi connectivity index (χ0) is 23.4. The maximum atomic E-state index is 12.4. The Bertz CT molecular complexity index is 1220. The van der Waals surface area contributed by atoms with Gasteiger partial charge in [0.1, 0.15) is 11.4 Å². The van der Waals surface area contributed by atoms with Gasteiger partial charge in [-0.15, -0.1) is 13.2 Å². The predicted molar refractivity (Wildman–Crippen MR) is 122 cm³/mol. The Morgan fingerprint density at radius 3 is 2.55 bits per heavy atom. The van der Waals surface area contributed by atoms with Crippen LogP contribution >= 0.6 is 0 Å². The van der Waals surface area contributed by atoms with Gasteiger partial charge in [-0.25, -0.2) is 15.0 Å². The first-order valence-electron chi connectivity index (χ1n) is 10.8. The maximum Gasteiger partial charge on any atom is 0.573 e. The summed E-state index contributed by atoms with van der Waals surface area (Å²) in [6.07, 6.45) is 3.61. The van der Waals surface area contributed by atoms with E-state index in [-0.39, 0.29) is 5.75 Å². The molecule has 1 aromatic carbocycles. The van der Waals surface area contributed by atoms with Crippen molar-refractivity contribution in [2.75, 3.05) is 5.32 Å². The third-order valence-corrected chi connectivity index (χ3v) is 5.35. The average molecular weight is 455 g/mol. The Kier molecular flexibility index (Phi) is 6.48. The number of H-pyrrole nitrogens is 1. The minimum absolute atomic E-state index is 0.267. The molecule has 0 radical (unpaired) electrons. The Morgan fingerprint density at radius 2 is 1.85 bits per heavy atom. The van der Waals surface area contributed by atoms with Crippen molar-refractivity contribution >= 4 is 17.0 Å². The van der Waals surface area contributed by atoms with Crippen LogP contribution in [0.2, 0.25) is 0 Å². The summed E-state index contributed by atoms with van der Waals surface area (Å²) in [6.45, 7) is 4.28. The number of halogens is 3. The highest BCUT2D eigenvalue weighted by atomic mass is 19.4. The second kappa shape index (κ2) is 9.48. The molecule has 3 heterocycles. The van der Waals surface area contributed by atoms with Gasteiger partial charge in [0.25, 0.3) is 0 Å². The number of fused-ring (bicyclic) bond motifs is 1. The van der Waals surface area contributed by atoms with E-state index < -0.39 is 6.36 Å². The number of nitrogens with zero attached hydrogens (tertiary/aromatic N) is 3. The van der Waals surface area contributed by atoms with Crippen LogP contribution in [0.25, 0.3) is 33.4 Å². The molecule has 2 N–H and O–H groups in total. The van der Waals surface area contributed by atoms with Crippen molar-refractivity contribution in [1.29, 1.82) is 0 Å². The Labute approximate surface area is 189 Å². The second-order valence-electron chi connectivity index (χ2n) is 7.70. The Hall–Kier alpha value is -3.62. The first kappa shape index (κ1) is 22.6. The number of rotatable bonds is 8. The van der Waals surface area contributed by atoms with E-state index in [0.717, 1.165) is 47.0 Å². The lowest BCUT2D eigenvalue weighted by atomic mass is 10.0. The van der Waals surface area contributed by atoms with Crippen molar-refractivity contribution in [3.8, 4) is 28.1 Å². The molecule has 0 saturated carbocycles. The number of anilines is 1. The van der Waals surface area contributed by atoms with Gasteiger partial charge in [0, 0.05) is 41.1 Å². The van der Waals surface area contributed by atoms with E-state index in [2.05, 4.69) is 38.9 Å². The van der Waals surface area contributed by atoms with Crippen LogP contribution in [0.5, 0.6) is 5.75 Å². The Morgan fingerprint density at radius 1 is 1.06 bits per heavy atom. The lowest BCUT2D eigenvalue weighted by Gasteiger charge is -2.16. The third-order valence-electron chi connectivity index (χ3n) is 5.35. The molecule has 6 nitrogen and oxygen atoms in total. The number of benzene rings is 1. The molecule has 4 aromatic rings. The van der Waals surface area contributed by atoms with Gasteiger partial charge in [-0.2, -0.15) is 0 Å². The summed E-state index contributed by atoms with van der Waals surface area (Å²) in [5.41, 5.74) is 3.80. The number of ether oxygens (including phenoxy) is 1. The Balaban J connectivity index is 1.63. The quantitative estimate of drug-likeness (QED) is 0.314. The van der Waals surface area contributed by atoms with E-state index in [4.69, 9.17) is 4.98 Å². The summed E-state index contributed by atoms with van der Waals surface area (Å²) in [6, 6.07) is 9.80. The third kappa shape index (κ3) is 5.42. The van der Waals surface area contributed by atoms with Gasteiger partial charge in [-0.1, -0.05) is 32.4 Å². The highest BCUT2D eigenvalue weighted by Gasteiger charge is 2.31. The summed E-state index contributed by atoms with van der Waals surface area (Å²) in [5.74, 6) is 0.309. The normalized spacial score (nSPS) is 12.6. The fourth-order valence-corrected chi connectivity index (χ4v) is 3.71. The summed E-state index contributed by atoms with van der Waals surface area (Å²) < 4.78 is 41.2. The number of aromatic nitrogens is 4. The molecular weight excluding hydrogens is 431 g/mol. The lowest BCUT2D eigenvalue weighted by molar-refractivity contribution is -0.274. The van der Waals surface area contributed by atoms with Gasteiger partial charge >= 0.3 is 6.36 Å². The van der Waals surface area contributed by atoms with Crippen molar-refractivity contribution in [3.63, 3.8) is 0 Å². The summed E-state index contributed by atoms with van der Waals surface area (Å²) >= 11 is 0. The topological polar surface area (TPSA) is 75.7 Å². The van der Waals surface area contributed by atoms with Gasteiger partial charge < -0.3 is 15.0 Å². The van der Waals surface area contributed by atoms with Gasteiger partial charge in [-0.05, 0) is 42.7 Å². The van der Waals surface area contributed by atoms with Crippen LogP contribution < -0.4 is 10.1 Å². The van der Waals surface area contributed by atoms with Gasteiger partial charge in [0.15, 0.2) is 0 Å². The fourth-order valence-electron chi connectivity index (χ4n) is 3.71. The summed E-state index contributed by atoms with van der Waals surface area (Å²) in [5, 5.41) is 4.25. The van der Waals surface area contributed by atoms with Crippen molar-refractivity contribution < 1.29 is 17.9 Å². The molecule has 0 spiro atoms. The molecule has 172 valence electrons. The second-order valence-corrected chi connectivity index (χ2v) is 7.70. The van der Waals surface area contributed by atoms with Crippen molar-refractivity contribution in [2.24, 2.45) is 0 Å².